The summed E-state index contributed by atoms with van der Waals surface area (Å²) in [4.78, 5) is 15.7. The molecule has 2 aromatic heterocycles. The molecule has 1 aliphatic carbocycles. The van der Waals surface area contributed by atoms with Crippen LogP contribution in [0.25, 0.3) is 32.9 Å². The summed E-state index contributed by atoms with van der Waals surface area (Å²) in [6, 6.07) is 5.13. The fraction of sp³-hybridized carbons (Fsp3) is 0.441. The summed E-state index contributed by atoms with van der Waals surface area (Å²) in [7, 11) is 1.38. The number of nitrogens with one attached hydrogen (secondary N) is 1. The van der Waals surface area contributed by atoms with E-state index >= 15 is 4.39 Å². The number of aliphatic hydroxyl groups is 1. The summed E-state index contributed by atoms with van der Waals surface area (Å²) < 4.78 is 58.0. The number of phenolic OH excluding ortho intramolecular Hbond substituents is 1. The number of hydrogen-bond donors (Lipinski definition) is 3. The summed E-state index contributed by atoms with van der Waals surface area (Å²) >= 11 is 0. The van der Waals surface area contributed by atoms with Crippen LogP contribution < -0.4 is 14.8 Å². The van der Waals surface area contributed by atoms with Crippen molar-refractivity contribution in [3.63, 3.8) is 0 Å². The number of rotatable bonds is 8. The Morgan fingerprint density at radius 2 is 2.02 bits per heavy atom. The monoisotopic (exact) mass is 633 g/mol. The average Bonchev–Trinajstić information content (AvgIpc) is 3.74. The van der Waals surface area contributed by atoms with Crippen LogP contribution in [0.1, 0.15) is 44.1 Å². The number of aromatic hydroxyl groups is 1. The van der Waals surface area contributed by atoms with Gasteiger partial charge in [0.25, 0.3) is 0 Å². The van der Waals surface area contributed by atoms with E-state index in [4.69, 9.17) is 15.9 Å². The number of alkyl halides is 1. The van der Waals surface area contributed by atoms with Crippen molar-refractivity contribution < 1.29 is 32.9 Å². The largest absolute Gasteiger partial charge is 0.508 e. The van der Waals surface area contributed by atoms with Gasteiger partial charge in [-0.2, -0.15) is 9.97 Å². The Hall–Kier alpha value is -4.34. The molecule has 12 heteroatoms. The molecular weight excluding hydrogens is 599 g/mol. The molecule has 2 saturated heterocycles. The number of hydrogen-bond acceptors (Lipinski definition) is 9. The summed E-state index contributed by atoms with van der Waals surface area (Å²) in [5.74, 6) is 0.936. The van der Waals surface area contributed by atoms with Crippen LogP contribution in [-0.4, -0.2) is 81.2 Å². The van der Waals surface area contributed by atoms with Crippen LogP contribution in [0, 0.1) is 29.9 Å². The number of fused-ring (bicyclic) bond motifs is 3. The van der Waals surface area contributed by atoms with E-state index in [9.17, 15) is 19.0 Å². The number of pyridine rings is 1. The van der Waals surface area contributed by atoms with E-state index < -0.39 is 23.3 Å². The molecule has 9 nitrogen and oxygen atoms in total. The third kappa shape index (κ3) is 5.11. The number of anilines is 1. The predicted octanol–water partition coefficient (Wildman–Crippen LogP) is 5.35. The van der Waals surface area contributed by atoms with E-state index in [-0.39, 0.29) is 81.7 Å². The van der Waals surface area contributed by atoms with E-state index in [0.717, 1.165) is 32.2 Å². The van der Waals surface area contributed by atoms with Crippen LogP contribution in [0.4, 0.5) is 19.0 Å². The van der Waals surface area contributed by atoms with Gasteiger partial charge in [-0.15, -0.1) is 6.42 Å². The van der Waals surface area contributed by atoms with Crippen molar-refractivity contribution in [2.75, 3.05) is 38.7 Å². The zero-order valence-corrected chi connectivity index (χ0v) is 25.3. The molecule has 3 N–H and O–H groups in total. The minimum absolute atomic E-state index is 0.0102. The topological polar surface area (TPSA) is 113 Å². The third-order valence-corrected chi connectivity index (χ3v) is 9.75. The molecule has 0 unspecified atom stereocenters. The fourth-order valence-corrected chi connectivity index (χ4v) is 7.58. The number of benzene rings is 2. The van der Waals surface area contributed by atoms with Gasteiger partial charge in [-0.05, 0) is 68.2 Å². The van der Waals surface area contributed by atoms with Crippen LogP contribution in [-0.2, 0) is 0 Å². The van der Waals surface area contributed by atoms with Crippen molar-refractivity contribution in [3.05, 3.63) is 41.5 Å². The van der Waals surface area contributed by atoms with Crippen molar-refractivity contribution in [1.82, 2.24) is 19.9 Å². The van der Waals surface area contributed by atoms with Gasteiger partial charge in [-0.1, -0.05) is 12.0 Å². The zero-order valence-electron chi connectivity index (χ0n) is 25.3. The molecule has 2 aliphatic heterocycles. The van der Waals surface area contributed by atoms with Crippen molar-refractivity contribution in [2.24, 2.45) is 5.92 Å². The summed E-state index contributed by atoms with van der Waals surface area (Å²) in [5.41, 5.74) is -0.971. The van der Waals surface area contributed by atoms with Crippen molar-refractivity contribution in [1.29, 1.82) is 0 Å². The highest BCUT2D eigenvalue weighted by Crippen LogP contribution is 2.43. The molecule has 0 amide bonds. The maximum Gasteiger partial charge on any atom is 0.319 e. The van der Waals surface area contributed by atoms with E-state index in [1.807, 2.05) is 0 Å². The molecular formula is C34H34F3N5O4. The smallest absolute Gasteiger partial charge is 0.319 e. The van der Waals surface area contributed by atoms with E-state index in [2.05, 4.69) is 31.1 Å². The Balaban J connectivity index is 1.40. The number of terminal acetylenes is 1. The van der Waals surface area contributed by atoms with Crippen LogP contribution >= 0.6 is 0 Å². The number of aliphatic hydroxyl groups excluding tert-OH is 1. The van der Waals surface area contributed by atoms with Gasteiger partial charge in [0.1, 0.15) is 46.8 Å². The third-order valence-electron chi connectivity index (χ3n) is 9.75. The van der Waals surface area contributed by atoms with E-state index in [1.54, 1.807) is 0 Å². The SMILES string of the molecule is C#Cc1c(F)ccc2cc(O)cc(-c3nc(OC)c4c(N[C@@H]5CC[C@H](CO)C5)nc(OC[C@@]56CCCN5C[C@H](F)C6)nc4c3F)c12. The number of phenols is 1. The van der Waals surface area contributed by atoms with E-state index in [0.29, 0.717) is 24.8 Å². The standard InChI is InChI=1S/C34H34F3N5O4/c1-3-23-25(36)8-6-19-12-22(44)13-24(26(19)23)29-28(37)30-27(32(39-29)45-2)31(38-21-7-5-18(11-21)16-43)41-33(40-30)46-17-34-9-4-10-42(34)15-20(35)14-34/h1,6,8,12-13,18,20-21,43-44H,4-5,7,9-11,14-17H2,2H3,(H,38,40,41)/t18-,20+,21+,34-/m0/s1. The lowest BCUT2D eigenvalue weighted by Gasteiger charge is -2.30. The quantitative estimate of drug-likeness (QED) is 0.221. The highest BCUT2D eigenvalue weighted by molar-refractivity contribution is 6.04. The first kappa shape index (κ1) is 30.3. The van der Waals surface area contributed by atoms with Gasteiger partial charge in [0.05, 0.1) is 18.2 Å². The first-order valence-electron chi connectivity index (χ1n) is 15.5. The first-order valence-corrected chi connectivity index (χ1v) is 15.5. The molecule has 3 fully saturated rings. The van der Waals surface area contributed by atoms with Gasteiger partial charge < -0.3 is 25.0 Å². The van der Waals surface area contributed by atoms with Gasteiger partial charge >= 0.3 is 6.01 Å². The zero-order chi connectivity index (χ0) is 32.2. The maximum atomic E-state index is 16.9. The Labute approximate surface area is 263 Å². The van der Waals surface area contributed by atoms with Crippen LogP contribution in [0.5, 0.6) is 17.6 Å². The van der Waals surface area contributed by atoms with Gasteiger partial charge in [0.15, 0.2) is 5.82 Å². The maximum absolute atomic E-state index is 16.9. The molecule has 240 valence electrons. The molecule has 3 aliphatic rings. The lowest BCUT2D eigenvalue weighted by Crippen LogP contribution is -2.43. The Bertz CT molecular complexity index is 1880. The highest BCUT2D eigenvalue weighted by Gasteiger charge is 2.49. The number of aromatic nitrogens is 3. The Morgan fingerprint density at radius 1 is 1.17 bits per heavy atom. The second-order valence-electron chi connectivity index (χ2n) is 12.6. The predicted molar refractivity (Wildman–Crippen MR) is 167 cm³/mol. The minimum Gasteiger partial charge on any atom is -0.508 e. The minimum atomic E-state index is -0.953. The Kier molecular flexibility index (Phi) is 7.77. The second-order valence-corrected chi connectivity index (χ2v) is 12.6. The number of methoxy groups -OCH3 is 1. The molecule has 0 bridgehead atoms. The normalized spacial score (nSPS) is 24.4. The molecule has 46 heavy (non-hydrogen) atoms. The van der Waals surface area contributed by atoms with E-state index in [1.165, 1.54) is 31.4 Å². The van der Waals surface area contributed by atoms with Crippen molar-refractivity contribution >= 4 is 27.5 Å². The molecule has 7 rings (SSSR count). The first-order chi connectivity index (χ1) is 22.2. The molecule has 4 atom stereocenters. The summed E-state index contributed by atoms with van der Waals surface area (Å²) in [6.07, 6.45) is 9.01. The Morgan fingerprint density at radius 3 is 2.78 bits per heavy atom. The van der Waals surface area contributed by atoms with Crippen molar-refractivity contribution in [2.45, 2.75) is 56.3 Å². The molecule has 4 aromatic rings. The van der Waals surface area contributed by atoms with Gasteiger partial charge in [0, 0.05) is 36.6 Å². The number of nitrogens with zero attached hydrogens (tertiary/aromatic N) is 4. The lowest BCUT2D eigenvalue weighted by molar-refractivity contribution is 0.107. The van der Waals surface area contributed by atoms with Crippen molar-refractivity contribution in [3.8, 4) is 41.2 Å². The van der Waals surface area contributed by atoms with Crippen LogP contribution in [0.2, 0.25) is 0 Å². The van der Waals surface area contributed by atoms with Gasteiger partial charge in [-0.25, -0.2) is 18.2 Å². The van der Waals surface area contributed by atoms with Crippen LogP contribution in [0.15, 0.2) is 24.3 Å². The van der Waals surface area contributed by atoms with Gasteiger partial charge in [-0.3, -0.25) is 4.90 Å². The highest BCUT2D eigenvalue weighted by atomic mass is 19.1. The fourth-order valence-electron chi connectivity index (χ4n) is 7.58. The average molecular weight is 634 g/mol. The van der Waals surface area contributed by atoms with Gasteiger partial charge in [0.2, 0.25) is 5.88 Å². The molecule has 1 saturated carbocycles. The number of halogens is 3. The molecule has 0 radical (unpaired) electrons. The molecule has 2 aromatic carbocycles. The lowest BCUT2D eigenvalue weighted by atomic mass is 9.95. The molecule has 4 heterocycles. The molecule has 0 spiro atoms. The summed E-state index contributed by atoms with van der Waals surface area (Å²) in [5, 5.41) is 24.4. The van der Waals surface area contributed by atoms with Crippen LogP contribution in [0.3, 0.4) is 0 Å². The second kappa shape index (κ2) is 11.8. The number of ether oxygens (including phenoxy) is 2. The summed E-state index contributed by atoms with van der Waals surface area (Å²) in [6.45, 7) is 1.32.